The van der Waals surface area contributed by atoms with E-state index in [0.29, 0.717) is 5.75 Å². The molecule has 0 aromatic heterocycles. The average molecular weight is 106 g/mol. The van der Waals surface area contributed by atoms with Crippen molar-refractivity contribution >= 4 is 13.3 Å². The number of benzene rings is 1. The zero-order valence-corrected chi connectivity index (χ0v) is 4.76. The second kappa shape index (κ2) is 1.91. The van der Waals surface area contributed by atoms with Crippen LogP contribution in [-0.2, 0) is 0 Å². The van der Waals surface area contributed by atoms with Gasteiger partial charge in [-0.3, -0.25) is 0 Å². The highest BCUT2D eigenvalue weighted by molar-refractivity contribution is 6.32. The molecule has 0 aliphatic carbocycles. The summed E-state index contributed by atoms with van der Waals surface area (Å²) in [6, 6.07) is 7.09. The first-order chi connectivity index (χ1) is 3.79. The number of hydrogen-bond acceptors (Lipinski definition) is 1. The Balaban J connectivity index is 3.03. The molecule has 1 nitrogen and oxygen atoms in total. The quantitative estimate of drug-likeness (QED) is 0.448. The van der Waals surface area contributed by atoms with Crippen molar-refractivity contribution in [2.75, 3.05) is 0 Å². The highest BCUT2D eigenvalue weighted by Gasteiger charge is 1.82. The molecular weight excluding hydrogens is 98.9 g/mol. The van der Waals surface area contributed by atoms with E-state index in [0.717, 1.165) is 0 Å². The van der Waals surface area contributed by atoms with Crippen LogP contribution in [0.5, 0.6) is 5.75 Å². The molecule has 0 aliphatic rings. The van der Waals surface area contributed by atoms with Crippen molar-refractivity contribution in [1.82, 2.24) is 0 Å². The minimum atomic E-state index is 0.329. The van der Waals surface area contributed by atoms with Gasteiger partial charge in [0.15, 0.2) is 0 Å². The Morgan fingerprint density at radius 1 is 1.12 bits per heavy atom. The third-order valence-corrected chi connectivity index (χ3v) is 1.03. The van der Waals surface area contributed by atoms with E-state index in [-0.39, 0.29) is 0 Å². The molecule has 0 radical (unpaired) electrons. The molecule has 0 saturated heterocycles. The minimum absolute atomic E-state index is 0.329. The van der Waals surface area contributed by atoms with E-state index >= 15 is 0 Å². The molecule has 2 heteroatoms. The SMILES string of the molecule is Bc1ccc(O)cc1. The van der Waals surface area contributed by atoms with Crippen LogP contribution in [0.1, 0.15) is 0 Å². The summed E-state index contributed by atoms with van der Waals surface area (Å²) in [5.41, 5.74) is 1.17. The highest BCUT2D eigenvalue weighted by Crippen LogP contribution is 2.01. The van der Waals surface area contributed by atoms with Gasteiger partial charge in [-0.15, -0.1) is 0 Å². The van der Waals surface area contributed by atoms with Gasteiger partial charge in [0.1, 0.15) is 13.6 Å². The molecule has 0 spiro atoms. The first-order valence-electron chi connectivity index (χ1n) is 2.54. The second-order valence-electron chi connectivity index (χ2n) is 1.84. The Morgan fingerprint density at radius 2 is 1.62 bits per heavy atom. The summed E-state index contributed by atoms with van der Waals surface area (Å²) in [5, 5.41) is 8.76. The van der Waals surface area contributed by atoms with E-state index in [2.05, 4.69) is 0 Å². The fourth-order valence-corrected chi connectivity index (χ4v) is 0.545. The number of phenols is 1. The maximum absolute atomic E-state index is 8.76. The number of phenolic OH excluding ortho intramolecular Hbond substituents is 1. The summed E-state index contributed by atoms with van der Waals surface area (Å²) in [6.07, 6.45) is 0. The number of rotatable bonds is 0. The van der Waals surface area contributed by atoms with Crippen molar-refractivity contribution in [2.45, 2.75) is 0 Å². The maximum Gasteiger partial charge on any atom is 0.139 e. The maximum atomic E-state index is 8.76. The van der Waals surface area contributed by atoms with Crippen molar-refractivity contribution in [3.05, 3.63) is 24.3 Å². The summed E-state index contributed by atoms with van der Waals surface area (Å²) in [6.45, 7) is 0. The van der Waals surface area contributed by atoms with Crippen LogP contribution < -0.4 is 5.46 Å². The lowest BCUT2D eigenvalue weighted by Crippen LogP contribution is -1.97. The topological polar surface area (TPSA) is 20.2 Å². The lowest BCUT2D eigenvalue weighted by Gasteiger charge is -1.89. The predicted molar refractivity (Wildman–Crippen MR) is 36.3 cm³/mol. The normalized spacial score (nSPS) is 9.00. The van der Waals surface area contributed by atoms with Gasteiger partial charge >= 0.3 is 0 Å². The van der Waals surface area contributed by atoms with Gasteiger partial charge in [0, 0.05) is 0 Å². The molecule has 0 saturated carbocycles. The third-order valence-electron chi connectivity index (χ3n) is 1.03. The molecule has 0 bridgehead atoms. The Labute approximate surface area is 49.4 Å². The van der Waals surface area contributed by atoms with Gasteiger partial charge in [0.25, 0.3) is 0 Å². The van der Waals surface area contributed by atoms with Crippen LogP contribution in [-0.4, -0.2) is 13.0 Å². The molecule has 40 valence electrons. The molecule has 0 amide bonds. The molecule has 1 aromatic carbocycles. The van der Waals surface area contributed by atoms with Crippen molar-refractivity contribution in [3.8, 4) is 5.75 Å². The third kappa shape index (κ3) is 1.03. The fourth-order valence-electron chi connectivity index (χ4n) is 0.545. The molecule has 0 fully saturated rings. The van der Waals surface area contributed by atoms with Gasteiger partial charge in [0.2, 0.25) is 0 Å². The largest absolute Gasteiger partial charge is 0.508 e. The molecular formula is C6H7BO. The van der Waals surface area contributed by atoms with Crippen molar-refractivity contribution in [1.29, 1.82) is 0 Å². The van der Waals surface area contributed by atoms with E-state index < -0.39 is 0 Å². The molecule has 1 rings (SSSR count). The van der Waals surface area contributed by atoms with E-state index in [1.165, 1.54) is 5.46 Å². The molecule has 0 aliphatic heterocycles. The standard InChI is InChI=1S/C6H7BO/c7-5-1-3-6(8)4-2-5/h1-4,8H,7H2. The lowest BCUT2D eigenvalue weighted by atomic mass is 9.97. The molecule has 8 heavy (non-hydrogen) atoms. The van der Waals surface area contributed by atoms with Gasteiger partial charge in [0.05, 0.1) is 0 Å². The van der Waals surface area contributed by atoms with Crippen LogP contribution in [0, 0.1) is 0 Å². The molecule has 1 aromatic rings. The Hall–Kier alpha value is -0.915. The minimum Gasteiger partial charge on any atom is -0.508 e. The smallest absolute Gasteiger partial charge is 0.139 e. The Morgan fingerprint density at radius 3 is 2.00 bits per heavy atom. The van der Waals surface area contributed by atoms with Crippen molar-refractivity contribution in [2.24, 2.45) is 0 Å². The van der Waals surface area contributed by atoms with Crippen LogP contribution >= 0.6 is 0 Å². The summed E-state index contributed by atoms with van der Waals surface area (Å²) in [4.78, 5) is 0. The molecule has 1 N–H and O–H groups in total. The zero-order valence-electron chi connectivity index (χ0n) is 4.76. The summed E-state index contributed by atoms with van der Waals surface area (Å²) in [7, 11) is 1.99. The van der Waals surface area contributed by atoms with E-state index in [1.807, 2.05) is 20.0 Å². The van der Waals surface area contributed by atoms with Crippen molar-refractivity contribution < 1.29 is 5.11 Å². The van der Waals surface area contributed by atoms with Gasteiger partial charge in [-0.2, -0.15) is 0 Å². The van der Waals surface area contributed by atoms with Crippen LogP contribution in [0.3, 0.4) is 0 Å². The first kappa shape index (κ1) is 5.23. The van der Waals surface area contributed by atoms with Gasteiger partial charge in [-0.05, 0) is 12.1 Å². The van der Waals surface area contributed by atoms with Crippen LogP contribution in [0.2, 0.25) is 0 Å². The van der Waals surface area contributed by atoms with Gasteiger partial charge in [-0.25, -0.2) is 0 Å². The number of aromatic hydroxyl groups is 1. The van der Waals surface area contributed by atoms with Gasteiger partial charge < -0.3 is 5.11 Å². The van der Waals surface area contributed by atoms with Crippen LogP contribution in [0.4, 0.5) is 0 Å². The predicted octanol–water partition coefficient (Wildman–Crippen LogP) is -0.349. The number of hydrogen-bond donors (Lipinski definition) is 1. The summed E-state index contributed by atoms with van der Waals surface area (Å²) >= 11 is 0. The highest BCUT2D eigenvalue weighted by atomic mass is 16.3. The molecule has 0 unspecified atom stereocenters. The second-order valence-corrected chi connectivity index (χ2v) is 1.84. The average Bonchev–Trinajstić information content (AvgIpc) is 1.77. The monoisotopic (exact) mass is 106 g/mol. The van der Waals surface area contributed by atoms with E-state index in [9.17, 15) is 0 Å². The Bertz CT molecular complexity index is 147. The van der Waals surface area contributed by atoms with E-state index in [1.54, 1.807) is 12.1 Å². The van der Waals surface area contributed by atoms with Crippen LogP contribution in [0.15, 0.2) is 24.3 Å². The van der Waals surface area contributed by atoms with Gasteiger partial charge in [-0.1, -0.05) is 17.6 Å². The van der Waals surface area contributed by atoms with Crippen molar-refractivity contribution in [3.63, 3.8) is 0 Å². The fraction of sp³-hybridized carbons (Fsp3) is 0. The first-order valence-corrected chi connectivity index (χ1v) is 2.54. The summed E-state index contributed by atoms with van der Waals surface area (Å²) in [5.74, 6) is 0.329. The van der Waals surface area contributed by atoms with E-state index in [4.69, 9.17) is 5.11 Å². The Kier molecular flexibility index (Phi) is 1.25. The lowest BCUT2D eigenvalue weighted by molar-refractivity contribution is 0.475. The van der Waals surface area contributed by atoms with Crippen LogP contribution in [0.25, 0.3) is 0 Å². The zero-order chi connectivity index (χ0) is 5.98. The molecule has 0 heterocycles. The summed E-state index contributed by atoms with van der Waals surface area (Å²) < 4.78 is 0. The molecule has 0 atom stereocenters.